The van der Waals surface area contributed by atoms with Gasteiger partial charge in [0.1, 0.15) is 0 Å². The average molecular weight is 544 g/mol. The van der Waals surface area contributed by atoms with E-state index in [-0.39, 0.29) is 29.1 Å². The first kappa shape index (κ1) is 26.4. The molecule has 200 valence electrons. The van der Waals surface area contributed by atoms with Gasteiger partial charge in [0.05, 0.1) is 17.8 Å². The second-order valence-electron chi connectivity index (χ2n) is 9.62. The van der Waals surface area contributed by atoms with Crippen molar-refractivity contribution < 1.29 is 22.4 Å². The summed E-state index contributed by atoms with van der Waals surface area (Å²) in [6.07, 6.45) is 1.45. The third-order valence-electron chi connectivity index (χ3n) is 6.72. The fourth-order valence-corrected chi connectivity index (χ4v) is 5.83. The predicted octanol–water partition coefficient (Wildman–Crippen LogP) is 4.99. The molecule has 0 spiro atoms. The summed E-state index contributed by atoms with van der Waals surface area (Å²) in [6.45, 7) is 3.71. The smallest absolute Gasteiger partial charge is 0.291 e. The van der Waals surface area contributed by atoms with Gasteiger partial charge in [-0.2, -0.15) is 0 Å². The van der Waals surface area contributed by atoms with Gasteiger partial charge in [0, 0.05) is 36.6 Å². The molecule has 0 atom stereocenters. The Morgan fingerprint density at radius 2 is 1.56 bits per heavy atom. The number of hydrogen-bond acceptors (Lipinski definition) is 6. The van der Waals surface area contributed by atoms with E-state index in [1.165, 1.54) is 6.26 Å². The third-order valence-corrected chi connectivity index (χ3v) is 8.33. The van der Waals surface area contributed by atoms with Gasteiger partial charge in [-0.3, -0.25) is 14.5 Å². The van der Waals surface area contributed by atoms with Crippen LogP contribution in [0.1, 0.15) is 32.0 Å². The summed E-state index contributed by atoms with van der Waals surface area (Å²) >= 11 is 0. The lowest BCUT2D eigenvalue weighted by atomic mass is 9.98. The van der Waals surface area contributed by atoms with Gasteiger partial charge in [0.25, 0.3) is 11.8 Å². The molecular weight excluding hydrogens is 514 g/mol. The number of nitrogens with zero attached hydrogens (tertiary/aromatic N) is 1. The molecule has 2 N–H and O–H groups in total. The maximum Gasteiger partial charge on any atom is 0.291 e. The number of sulfone groups is 1. The molecular formula is C30H29N3O5S. The summed E-state index contributed by atoms with van der Waals surface area (Å²) in [4.78, 5) is 27.4. The van der Waals surface area contributed by atoms with Gasteiger partial charge in [-0.1, -0.05) is 30.3 Å². The van der Waals surface area contributed by atoms with E-state index in [0.29, 0.717) is 36.6 Å². The highest BCUT2D eigenvalue weighted by Crippen LogP contribution is 2.27. The molecule has 0 bridgehead atoms. The second-order valence-corrected chi connectivity index (χ2v) is 11.9. The highest BCUT2D eigenvalue weighted by atomic mass is 32.2. The Bertz CT molecular complexity index is 1580. The fourth-order valence-electron chi connectivity index (χ4n) is 4.56. The van der Waals surface area contributed by atoms with E-state index in [1.807, 2.05) is 67.6 Å². The number of carbonyl (C=O) groups is 2. The van der Waals surface area contributed by atoms with Crippen LogP contribution in [0.4, 0.5) is 11.4 Å². The molecule has 0 aliphatic carbocycles. The molecule has 2 amide bonds. The van der Waals surface area contributed by atoms with Gasteiger partial charge in [-0.15, -0.1) is 0 Å². The van der Waals surface area contributed by atoms with Gasteiger partial charge in [-0.25, -0.2) is 8.42 Å². The van der Waals surface area contributed by atoms with E-state index in [4.69, 9.17) is 4.42 Å². The largest absolute Gasteiger partial charge is 0.459 e. The SMILES string of the molecule is Cc1cc(NC(=O)c2ccco2)ccc1-c1cccc(C(=O)Nc2ccc(CN3CCS(=O)(=O)CC3)cc2)c1. The lowest BCUT2D eigenvalue weighted by Gasteiger charge is -2.26. The van der Waals surface area contributed by atoms with Crippen molar-refractivity contribution in [3.63, 3.8) is 0 Å². The van der Waals surface area contributed by atoms with Crippen LogP contribution in [0.25, 0.3) is 11.1 Å². The fraction of sp³-hybridized carbons (Fsp3) is 0.200. The summed E-state index contributed by atoms with van der Waals surface area (Å²) in [5.74, 6) is 0.106. The zero-order valence-electron chi connectivity index (χ0n) is 21.5. The van der Waals surface area contributed by atoms with Crippen LogP contribution in [0, 0.1) is 6.92 Å². The normalized spacial score (nSPS) is 15.0. The number of furan rings is 1. The summed E-state index contributed by atoms with van der Waals surface area (Å²) in [5, 5.41) is 5.78. The van der Waals surface area contributed by atoms with Gasteiger partial charge >= 0.3 is 0 Å². The number of aryl methyl sites for hydroxylation is 1. The van der Waals surface area contributed by atoms with Crippen molar-refractivity contribution in [2.45, 2.75) is 13.5 Å². The van der Waals surface area contributed by atoms with Gasteiger partial charge in [0.15, 0.2) is 15.6 Å². The number of benzene rings is 3. The van der Waals surface area contributed by atoms with Crippen LogP contribution < -0.4 is 10.6 Å². The number of anilines is 2. The van der Waals surface area contributed by atoms with Crippen LogP contribution in [-0.2, 0) is 16.4 Å². The topological polar surface area (TPSA) is 109 Å². The number of amides is 2. The molecule has 39 heavy (non-hydrogen) atoms. The first-order valence-corrected chi connectivity index (χ1v) is 14.5. The average Bonchev–Trinajstić information content (AvgIpc) is 3.47. The molecule has 4 aromatic rings. The zero-order chi connectivity index (χ0) is 27.4. The number of carbonyl (C=O) groups excluding carboxylic acids is 2. The van der Waals surface area contributed by atoms with Crippen LogP contribution in [0.5, 0.6) is 0 Å². The summed E-state index contributed by atoms with van der Waals surface area (Å²) in [5.41, 5.74) is 5.72. The highest BCUT2D eigenvalue weighted by Gasteiger charge is 2.21. The molecule has 1 fully saturated rings. The molecule has 3 aromatic carbocycles. The molecule has 1 aromatic heterocycles. The van der Waals surface area contributed by atoms with Crippen molar-refractivity contribution in [1.29, 1.82) is 0 Å². The summed E-state index contributed by atoms with van der Waals surface area (Å²) in [7, 11) is -2.90. The number of rotatable bonds is 7. The van der Waals surface area contributed by atoms with E-state index >= 15 is 0 Å². The second kappa shape index (κ2) is 11.3. The zero-order valence-corrected chi connectivity index (χ0v) is 22.3. The van der Waals surface area contributed by atoms with E-state index in [2.05, 4.69) is 15.5 Å². The molecule has 8 nitrogen and oxygen atoms in total. The minimum atomic E-state index is -2.90. The molecule has 5 rings (SSSR count). The molecule has 1 saturated heterocycles. The summed E-state index contributed by atoms with van der Waals surface area (Å²) < 4.78 is 28.4. The third kappa shape index (κ3) is 6.63. The van der Waals surface area contributed by atoms with Crippen molar-refractivity contribution in [2.75, 3.05) is 35.2 Å². The Morgan fingerprint density at radius 1 is 0.846 bits per heavy atom. The van der Waals surface area contributed by atoms with Crippen molar-refractivity contribution in [2.24, 2.45) is 0 Å². The molecule has 0 radical (unpaired) electrons. The molecule has 9 heteroatoms. The highest BCUT2D eigenvalue weighted by molar-refractivity contribution is 7.91. The van der Waals surface area contributed by atoms with E-state index < -0.39 is 9.84 Å². The van der Waals surface area contributed by atoms with Crippen LogP contribution in [-0.4, -0.2) is 49.7 Å². The Hall–Kier alpha value is -4.21. The first-order valence-electron chi connectivity index (χ1n) is 12.6. The minimum Gasteiger partial charge on any atom is -0.459 e. The Morgan fingerprint density at radius 3 is 2.26 bits per heavy atom. The maximum absolute atomic E-state index is 13.0. The lowest BCUT2D eigenvalue weighted by molar-refractivity contribution is 0.0994. The Kier molecular flexibility index (Phi) is 7.63. The van der Waals surface area contributed by atoms with Crippen molar-refractivity contribution in [1.82, 2.24) is 4.90 Å². The quantitative estimate of drug-likeness (QED) is 0.340. The molecule has 1 aliphatic heterocycles. The van der Waals surface area contributed by atoms with Crippen LogP contribution in [0.3, 0.4) is 0 Å². The van der Waals surface area contributed by atoms with Crippen LogP contribution in [0.2, 0.25) is 0 Å². The lowest BCUT2D eigenvalue weighted by Crippen LogP contribution is -2.39. The van der Waals surface area contributed by atoms with E-state index in [1.54, 1.807) is 18.2 Å². The first-order chi connectivity index (χ1) is 18.8. The molecule has 0 saturated carbocycles. The minimum absolute atomic E-state index is 0.201. The molecule has 0 unspecified atom stereocenters. The van der Waals surface area contributed by atoms with Gasteiger partial charge in [0.2, 0.25) is 0 Å². The maximum atomic E-state index is 13.0. The molecule has 1 aliphatic rings. The van der Waals surface area contributed by atoms with E-state index in [0.717, 1.165) is 22.3 Å². The van der Waals surface area contributed by atoms with Gasteiger partial charge < -0.3 is 15.1 Å². The number of hydrogen-bond donors (Lipinski definition) is 2. The van der Waals surface area contributed by atoms with Crippen molar-refractivity contribution in [3.05, 3.63) is 108 Å². The van der Waals surface area contributed by atoms with Crippen molar-refractivity contribution in [3.8, 4) is 11.1 Å². The van der Waals surface area contributed by atoms with Gasteiger partial charge in [-0.05, 0) is 77.7 Å². The van der Waals surface area contributed by atoms with E-state index in [9.17, 15) is 18.0 Å². The number of nitrogens with one attached hydrogen (secondary N) is 2. The Balaban J connectivity index is 1.22. The summed E-state index contributed by atoms with van der Waals surface area (Å²) in [6, 6.07) is 23.9. The van der Waals surface area contributed by atoms with Crippen molar-refractivity contribution >= 4 is 33.0 Å². The van der Waals surface area contributed by atoms with Crippen LogP contribution >= 0.6 is 0 Å². The van der Waals surface area contributed by atoms with Crippen LogP contribution in [0.15, 0.2) is 89.5 Å². The Labute approximate surface area is 227 Å². The molecule has 2 heterocycles. The monoisotopic (exact) mass is 543 g/mol. The predicted molar refractivity (Wildman–Crippen MR) is 152 cm³/mol. The standard InChI is InChI=1S/C30H29N3O5S/c1-21-18-26(32-30(35)28-6-3-15-38-28)11-12-27(21)23-4-2-5-24(19-23)29(34)31-25-9-7-22(8-10-25)20-33-13-16-39(36,37)17-14-33/h2-12,15,18-19H,13-14,16-17,20H2,1H3,(H,31,34)(H,32,35).